The molecule has 2 aromatic rings. The molecule has 1 aromatic carbocycles. The molecule has 1 N–H and O–H groups in total. The van der Waals surface area contributed by atoms with Crippen molar-refractivity contribution in [3.05, 3.63) is 36.9 Å². The van der Waals surface area contributed by atoms with E-state index in [0.29, 0.717) is 23.7 Å². The third kappa shape index (κ3) is 4.22. The predicted octanol–water partition coefficient (Wildman–Crippen LogP) is 4.06. The van der Waals surface area contributed by atoms with Crippen molar-refractivity contribution in [3.8, 4) is 5.69 Å². The fourth-order valence-electron chi connectivity index (χ4n) is 4.25. The van der Waals surface area contributed by atoms with Gasteiger partial charge in [-0.2, -0.15) is 0 Å². The smallest absolute Gasteiger partial charge is 0.224 e. The van der Waals surface area contributed by atoms with Crippen LogP contribution in [0.2, 0.25) is 0 Å². The molecule has 0 bridgehead atoms. The zero-order valence-electron chi connectivity index (χ0n) is 14.7. The van der Waals surface area contributed by atoms with Crippen LogP contribution in [-0.4, -0.2) is 20.7 Å². The van der Waals surface area contributed by atoms with Gasteiger partial charge in [-0.3, -0.25) is 9.36 Å². The molecule has 1 aromatic heterocycles. The zero-order valence-corrected chi connectivity index (χ0v) is 14.7. The Hall–Kier alpha value is -2.17. The highest BCUT2D eigenvalue weighted by atomic mass is 16.1. The fraction of sp³-hybridized carbons (Fsp3) is 0.526. The monoisotopic (exact) mass is 326 g/mol. The summed E-state index contributed by atoms with van der Waals surface area (Å²) in [5.74, 6) is 1.28. The summed E-state index contributed by atoms with van der Waals surface area (Å²) in [6, 6.07) is 7.75. The van der Waals surface area contributed by atoms with Crippen molar-refractivity contribution >= 4 is 11.6 Å². The molecule has 0 radical (unpaired) electrons. The molecule has 5 nitrogen and oxygen atoms in total. The quantitative estimate of drug-likeness (QED) is 0.921. The van der Waals surface area contributed by atoms with Gasteiger partial charge in [0.05, 0.1) is 5.69 Å². The molecule has 2 unspecified atom stereocenters. The van der Waals surface area contributed by atoms with Crippen LogP contribution in [0.1, 0.15) is 46.5 Å². The Bertz CT molecular complexity index is 693. The van der Waals surface area contributed by atoms with Crippen LogP contribution in [0.25, 0.3) is 5.69 Å². The van der Waals surface area contributed by atoms with Crippen molar-refractivity contribution < 1.29 is 4.79 Å². The zero-order chi connectivity index (χ0) is 17.2. The third-order valence-corrected chi connectivity index (χ3v) is 4.80. The van der Waals surface area contributed by atoms with Gasteiger partial charge in [-0.1, -0.05) is 26.8 Å². The average molecular weight is 326 g/mol. The Balaban J connectivity index is 1.62. The number of nitrogens with zero attached hydrogens (tertiary/aromatic N) is 3. The Labute approximate surface area is 143 Å². The first-order chi connectivity index (χ1) is 11.4. The third-order valence-electron chi connectivity index (χ3n) is 4.80. The van der Waals surface area contributed by atoms with Crippen LogP contribution >= 0.6 is 0 Å². The van der Waals surface area contributed by atoms with Gasteiger partial charge in [-0.25, -0.2) is 0 Å². The van der Waals surface area contributed by atoms with Crippen LogP contribution < -0.4 is 5.32 Å². The van der Waals surface area contributed by atoms with Crippen molar-refractivity contribution in [1.29, 1.82) is 0 Å². The van der Waals surface area contributed by atoms with E-state index in [9.17, 15) is 4.79 Å². The molecule has 128 valence electrons. The largest absolute Gasteiger partial charge is 0.326 e. The van der Waals surface area contributed by atoms with Gasteiger partial charge in [-0.15, -0.1) is 10.2 Å². The summed E-state index contributed by atoms with van der Waals surface area (Å²) in [5, 5.41) is 10.7. The van der Waals surface area contributed by atoms with Crippen LogP contribution in [0, 0.1) is 17.3 Å². The number of aromatic nitrogens is 3. The molecule has 1 heterocycles. The number of carbonyl (C=O) groups excluding carboxylic acids is 1. The summed E-state index contributed by atoms with van der Waals surface area (Å²) in [4.78, 5) is 12.5. The number of rotatable bonds is 4. The maximum absolute atomic E-state index is 12.5. The second-order valence-corrected chi connectivity index (χ2v) is 7.95. The van der Waals surface area contributed by atoms with E-state index in [0.717, 1.165) is 24.2 Å². The normalized spacial score (nSPS) is 23.0. The molecule has 1 saturated carbocycles. The van der Waals surface area contributed by atoms with E-state index in [1.807, 2.05) is 28.8 Å². The van der Waals surface area contributed by atoms with E-state index in [2.05, 4.69) is 36.3 Å². The first kappa shape index (κ1) is 16.7. The number of nitrogens with one attached hydrogen (secondary N) is 1. The van der Waals surface area contributed by atoms with Crippen LogP contribution in [0.5, 0.6) is 0 Å². The minimum Gasteiger partial charge on any atom is -0.326 e. The van der Waals surface area contributed by atoms with Crippen molar-refractivity contribution in [2.75, 3.05) is 5.32 Å². The first-order valence-electron chi connectivity index (χ1n) is 8.66. The van der Waals surface area contributed by atoms with Gasteiger partial charge in [0.2, 0.25) is 5.91 Å². The molecule has 0 saturated heterocycles. The average Bonchev–Trinajstić information content (AvgIpc) is 2.99. The van der Waals surface area contributed by atoms with Gasteiger partial charge >= 0.3 is 0 Å². The lowest BCUT2D eigenvalue weighted by atomic mass is 9.67. The van der Waals surface area contributed by atoms with E-state index in [-0.39, 0.29) is 5.91 Å². The molecule has 3 rings (SSSR count). The van der Waals surface area contributed by atoms with Gasteiger partial charge in [-0.05, 0) is 54.7 Å². The molecular weight excluding hydrogens is 300 g/mol. The van der Waals surface area contributed by atoms with Gasteiger partial charge in [0.1, 0.15) is 12.7 Å². The Morgan fingerprint density at radius 2 is 2.04 bits per heavy atom. The van der Waals surface area contributed by atoms with E-state index in [1.54, 1.807) is 12.7 Å². The maximum Gasteiger partial charge on any atom is 0.224 e. The lowest BCUT2D eigenvalue weighted by molar-refractivity contribution is -0.117. The second-order valence-electron chi connectivity index (χ2n) is 7.95. The van der Waals surface area contributed by atoms with Gasteiger partial charge < -0.3 is 5.32 Å². The Morgan fingerprint density at radius 1 is 1.29 bits per heavy atom. The van der Waals surface area contributed by atoms with Gasteiger partial charge in [0, 0.05) is 12.1 Å². The summed E-state index contributed by atoms with van der Waals surface area (Å²) < 4.78 is 1.82. The number of anilines is 1. The summed E-state index contributed by atoms with van der Waals surface area (Å²) >= 11 is 0. The van der Waals surface area contributed by atoms with E-state index in [4.69, 9.17) is 0 Å². The SMILES string of the molecule is CC1CC(CC(=O)Nc2cccc(-n3cnnc3)c2)CC(C)(C)C1. The van der Waals surface area contributed by atoms with Crippen molar-refractivity contribution in [1.82, 2.24) is 14.8 Å². The maximum atomic E-state index is 12.5. The fourth-order valence-corrected chi connectivity index (χ4v) is 4.25. The van der Waals surface area contributed by atoms with Crippen LogP contribution in [-0.2, 0) is 4.79 Å². The standard InChI is InChI=1S/C19H26N4O/c1-14-7-15(11-19(2,3)10-14)8-18(24)22-16-5-4-6-17(9-16)23-12-20-21-13-23/h4-6,9,12-15H,7-8,10-11H2,1-3H3,(H,22,24). The lowest BCUT2D eigenvalue weighted by Crippen LogP contribution is -2.30. The molecule has 24 heavy (non-hydrogen) atoms. The topological polar surface area (TPSA) is 59.8 Å². The molecule has 2 atom stereocenters. The van der Waals surface area contributed by atoms with Crippen molar-refractivity contribution in [3.63, 3.8) is 0 Å². The highest BCUT2D eigenvalue weighted by Crippen LogP contribution is 2.42. The number of hydrogen-bond donors (Lipinski definition) is 1. The Morgan fingerprint density at radius 3 is 2.75 bits per heavy atom. The molecule has 0 spiro atoms. The molecule has 1 amide bonds. The summed E-state index contributed by atoms with van der Waals surface area (Å²) in [6.07, 6.45) is 7.43. The van der Waals surface area contributed by atoms with Gasteiger partial charge in [0.15, 0.2) is 0 Å². The number of carbonyl (C=O) groups is 1. The van der Waals surface area contributed by atoms with Crippen molar-refractivity contribution in [2.45, 2.75) is 46.5 Å². The number of hydrogen-bond acceptors (Lipinski definition) is 3. The highest BCUT2D eigenvalue weighted by Gasteiger charge is 2.32. The summed E-state index contributed by atoms with van der Waals surface area (Å²) in [5.41, 5.74) is 2.09. The van der Waals surface area contributed by atoms with Gasteiger partial charge in [0.25, 0.3) is 0 Å². The van der Waals surface area contributed by atoms with Crippen LogP contribution in [0.4, 0.5) is 5.69 Å². The highest BCUT2D eigenvalue weighted by molar-refractivity contribution is 5.91. The predicted molar refractivity (Wildman–Crippen MR) is 94.9 cm³/mol. The van der Waals surface area contributed by atoms with Crippen LogP contribution in [0.15, 0.2) is 36.9 Å². The van der Waals surface area contributed by atoms with E-state index in [1.165, 1.54) is 6.42 Å². The summed E-state index contributed by atoms with van der Waals surface area (Å²) in [7, 11) is 0. The lowest BCUT2D eigenvalue weighted by Gasteiger charge is -2.38. The molecule has 0 aliphatic heterocycles. The van der Waals surface area contributed by atoms with E-state index < -0.39 is 0 Å². The second kappa shape index (κ2) is 6.75. The number of benzene rings is 1. The Kier molecular flexibility index (Phi) is 4.69. The summed E-state index contributed by atoms with van der Waals surface area (Å²) in [6.45, 7) is 6.93. The molecule has 5 heteroatoms. The first-order valence-corrected chi connectivity index (χ1v) is 8.66. The minimum absolute atomic E-state index is 0.103. The molecule has 1 aliphatic rings. The van der Waals surface area contributed by atoms with Crippen LogP contribution in [0.3, 0.4) is 0 Å². The number of amides is 1. The van der Waals surface area contributed by atoms with E-state index >= 15 is 0 Å². The van der Waals surface area contributed by atoms with Crippen molar-refractivity contribution in [2.24, 2.45) is 17.3 Å². The molecule has 1 fully saturated rings. The molecule has 1 aliphatic carbocycles. The minimum atomic E-state index is 0.103. The molecular formula is C19H26N4O.